The van der Waals surface area contributed by atoms with Crippen LogP contribution in [-0.4, -0.2) is 17.9 Å². The molecule has 0 radical (unpaired) electrons. The minimum Gasteiger partial charge on any atom is -0.337 e. The second-order valence-electron chi connectivity index (χ2n) is 4.86. The molecular weight excluding hydrogens is 340 g/mol. The standard InChI is InChI=1S/C16H14BrF2NO/c1-10-7-12(17)4-6-14(10)16(21)20(2)9-11-3-5-13(18)8-15(11)19/h3-8H,9H2,1-2H3. The first-order valence-electron chi connectivity index (χ1n) is 6.34. The molecule has 0 heterocycles. The molecule has 110 valence electrons. The van der Waals surface area contributed by atoms with Gasteiger partial charge in [-0.25, -0.2) is 8.78 Å². The quantitative estimate of drug-likeness (QED) is 0.805. The molecule has 0 aromatic heterocycles. The Balaban J connectivity index is 2.19. The number of carbonyl (C=O) groups excluding carboxylic acids is 1. The lowest BCUT2D eigenvalue weighted by Crippen LogP contribution is -2.27. The predicted molar refractivity (Wildman–Crippen MR) is 81.0 cm³/mol. The first kappa shape index (κ1) is 15.6. The SMILES string of the molecule is Cc1cc(Br)ccc1C(=O)N(C)Cc1ccc(F)cc1F. The van der Waals surface area contributed by atoms with Crippen molar-refractivity contribution in [2.45, 2.75) is 13.5 Å². The summed E-state index contributed by atoms with van der Waals surface area (Å²) >= 11 is 3.34. The van der Waals surface area contributed by atoms with Gasteiger partial charge in [0, 0.05) is 35.3 Å². The van der Waals surface area contributed by atoms with Crippen LogP contribution in [0.1, 0.15) is 21.5 Å². The molecule has 0 bridgehead atoms. The lowest BCUT2D eigenvalue weighted by atomic mass is 10.1. The summed E-state index contributed by atoms with van der Waals surface area (Å²) in [6.07, 6.45) is 0. The van der Waals surface area contributed by atoms with E-state index in [9.17, 15) is 13.6 Å². The molecule has 2 aromatic carbocycles. The Morgan fingerprint density at radius 1 is 1.19 bits per heavy atom. The zero-order chi connectivity index (χ0) is 15.6. The number of nitrogens with zero attached hydrogens (tertiary/aromatic N) is 1. The molecule has 2 aromatic rings. The fourth-order valence-electron chi connectivity index (χ4n) is 2.05. The number of aryl methyl sites for hydroxylation is 1. The monoisotopic (exact) mass is 353 g/mol. The number of benzene rings is 2. The molecule has 0 aliphatic heterocycles. The zero-order valence-electron chi connectivity index (χ0n) is 11.7. The van der Waals surface area contributed by atoms with Crippen LogP contribution in [0.3, 0.4) is 0 Å². The highest BCUT2D eigenvalue weighted by atomic mass is 79.9. The van der Waals surface area contributed by atoms with Gasteiger partial charge in [-0.2, -0.15) is 0 Å². The van der Waals surface area contributed by atoms with Gasteiger partial charge in [0.1, 0.15) is 11.6 Å². The summed E-state index contributed by atoms with van der Waals surface area (Å²) in [5.74, 6) is -1.49. The lowest BCUT2D eigenvalue weighted by Gasteiger charge is -2.19. The fraction of sp³-hybridized carbons (Fsp3) is 0.188. The maximum atomic E-state index is 13.6. The van der Waals surface area contributed by atoms with Crippen LogP contribution in [0.25, 0.3) is 0 Å². The Labute approximate surface area is 130 Å². The van der Waals surface area contributed by atoms with Gasteiger partial charge in [0.25, 0.3) is 5.91 Å². The van der Waals surface area contributed by atoms with Gasteiger partial charge >= 0.3 is 0 Å². The van der Waals surface area contributed by atoms with E-state index in [0.717, 1.165) is 16.1 Å². The van der Waals surface area contributed by atoms with Crippen LogP contribution < -0.4 is 0 Å². The van der Waals surface area contributed by atoms with Crippen molar-refractivity contribution in [1.29, 1.82) is 0 Å². The van der Waals surface area contributed by atoms with Crippen molar-refractivity contribution < 1.29 is 13.6 Å². The minimum atomic E-state index is -0.651. The van der Waals surface area contributed by atoms with Crippen molar-refractivity contribution in [2.24, 2.45) is 0 Å². The number of hydrogen-bond donors (Lipinski definition) is 0. The van der Waals surface area contributed by atoms with Gasteiger partial charge < -0.3 is 4.90 Å². The van der Waals surface area contributed by atoms with Gasteiger partial charge in [-0.3, -0.25) is 4.79 Å². The third-order valence-corrected chi connectivity index (χ3v) is 3.68. The van der Waals surface area contributed by atoms with Crippen LogP contribution in [0.5, 0.6) is 0 Å². The summed E-state index contributed by atoms with van der Waals surface area (Å²) < 4.78 is 27.4. The van der Waals surface area contributed by atoms with E-state index in [1.807, 2.05) is 13.0 Å². The van der Waals surface area contributed by atoms with Crippen molar-refractivity contribution in [3.8, 4) is 0 Å². The summed E-state index contributed by atoms with van der Waals surface area (Å²) in [4.78, 5) is 13.8. The minimum absolute atomic E-state index is 0.0838. The van der Waals surface area contributed by atoms with E-state index in [-0.39, 0.29) is 18.0 Å². The summed E-state index contributed by atoms with van der Waals surface area (Å²) in [6.45, 7) is 1.92. The van der Waals surface area contributed by atoms with Crippen LogP contribution in [0.4, 0.5) is 8.78 Å². The molecule has 0 aliphatic carbocycles. The zero-order valence-corrected chi connectivity index (χ0v) is 13.2. The Kier molecular flexibility index (Phi) is 4.73. The Morgan fingerprint density at radius 3 is 2.52 bits per heavy atom. The predicted octanol–water partition coefficient (Wildman–Crippen LogP) is 4.31. The van der Waals surface area contributed by atoms with E-state index < -0.39 is 11.6 Å². The molecule has 2 nitrogen and oxygen atoms in total. The molecule has 21 heavy (non-hydrogen) atoms. The molecular formula is C16H14BrF2NO. The molecule has 0 saturated carbocycles. The first-order chi connectivity index (χ1) is 9.88. The summed E-state index contributed by atoms with van der Waals surface area (Å²) in [6, 6.07) is 8.70. The number of carbonyl (C=O) groups is 1. The highest BCUT2D eigenvalue weighted by Crippen LogP contribution is 2.18. The molecule has 0 saturated heterocycles. The average molecular weight is 354 g/mol. The Bertz CT molecular complexity index is 688. The second-order valence-corrected chi connectivity index (χ2v) is 5.77. The average Bonchev–Trinajstić information content (AvgIpc) is 2.41. The molecule has 5 heteroatoms. The molecule has 0 unspecified atom stereocenters. The van der Waals surface area contributed by atoms with Gasteiger partial charge in [-0.15, -0.1) is 0 Å². The van der Waals surface area contributed by atoms with Crippen molar-refractivity contribution in [1.82, 2.24) is 4.90 Å². The van der Waals surface area contributed by atoms with Gasteiger partial charge in [-0.05, 0) is 36.8 Å². The summed E-state index contributed by atoms with van der Waals surface area (Å²) in [7, 11) is 1.59. The van der Waals surface area contributed by atoms with E-state index in [0.29, 0.717) is 5.56 Å². The van der Waals surface area contributed by atoms with E-state index in [4.69, 9.17) is 0 Å². The highest BCUT2D eigenvalue weighted by molar-refractivity contribution is 9.10. The Hall–Kier alpha value is -1.75. The van der Waals surface area contributed by atoms with E-state index in [1.54, 1.807) is 19.2 Å². The summed E-state index contributed by atoms with van der Waals surface area (Å²) in [5.41, 5.74) is 1.67. The van der Waals surface area contributed by atoms with Crippen molar-refractivity contribution in [3.05, 3.63) is 69.2 Å². The first-order valence-corrected chi connectivity index (χ1v) is 7.13. The lowest BCUT2D eigenvalue weighted by molar-refractivity contribution is 0.0783. The third-order valence-electron chi connectivity index (χ3n) is 3.19. The Morgan fingerprint density at radius 2 is 1.90 bits per heavy atom. The largest absolute Gasteiger partial charge is 0.337 e. The number of amides is 1. The number of halogens is 3. The van der Waals surface area contributed by atoms with Gasteiger partial charge in [0.05, 0.1) is 0 Å². The fourth-order valence-corrected chi connectivity index (χ4v) is 2.53. The topological polar surface area (TPSA) is 20.3 Å². The van der Waals surface area contributed by atoms with Crippen molar-refractivity contribution >= 4 is 21.8 Å². The molecule has 0 spiro atoms. The number of hydrogen-bond acceptors (Lipinski definition) is 1. The van der Waals surface area contributed by atoms with E-state index in [1.165, 1.54) is 17.0 Å². The van der Waals surface area contributed by atoms with Gasteiger partial charge in [0.15, 0.2) is 0 Å². The maximum absolute atomic E-state index is 13.6. The van der Waals surface area contributed by atoms with Crippen LogP contribution in [0.15, 0.2) is 40.9 Å². The van der Waals surface area contributed by atoms with Crippen LogP contribution in [0, 0.1) is 18.6 Å². The molecule has 2 rings (SSSR count). The molecule has 0 atom stereocenters. The molecule has 1 amide bonds. The normalized spacial score (nSPS) is 10.5. The molecule has 0 N–H and O–H groups in total. The molecule has 0 fully saturated rings. The van der Waals surface area contributed by atoms with Crippen molar-refractivity contribution in [3.63, 3.8) is 0 Å². The van der Waals surface area contributed by atoms with E-state index >= 15 is 0 Å². The third kappa shape index (κ3) is 3.67. The smallest absolute Gasteiger partial charge is 0.254 e. The van der Waals surface area contributed by atoms with Crippen LogP contribution in [0.2, 0.25) is 0 Å². The molecule has 0 aliphatic rings. The van der Waals surface area contributed by atoms with E-state index in [2.05, 4.69) is 15.9 Å². The van der Waals surface area contributed by atoms with Gasteiger partial charge in [0.2, 0.25) is 0 Å². The second kappa shape index (κ2) is 6.35. The number of rotatable bonds is 3. The van der Waals surface area contributed by atoms with Crippen LogP contribution >= 0.6 is 15.9 Å². The maximum Gasteiger partial charge on any atom is 0.254 e. The van der Waals surface area contributed by atoms with Crippen LogP contribution in [-0.2, 0) is 6.54 Å². The van der Waals surface area contributed by atoms with Crippen molar-refractivity contribution in [2.75, 3.05) is 7.05 Å². The highest BCUT2D eigenvalue weighted by Gasteiger charge is 2.16. The van der Waals surface area contributed by atoms with Gasteiger partial charge in [-0.1, -0.05) is 22.0 Å². The summed E-state index contributed by atoms with van der Waals surface area (Å²) in [5, 5.41) is 0.